The number of aromatic nitrogens is 8. The van der Waals surface area contributed by atoms with Crippen LogP contribution in [0.4, 0.5) is 5.95 Å². The molecule has 3 aliphatic heterocycles. The number of nitrogens with one attached hydrogen (secondary N) is 6. The van der Waals surface area contributed by atoms with Gasteiger partial charge in [0.15, 0.2) is 29.8 Å². The van der Waals surface area contributed by atoms with E-state index >= 15 is 0 Å². The molecule has 36 nitrogen and oxygen atoms in total. The number of aromatic amines is 3. The number of aliphatic hydroxyl groups is 4. The van der Waals surface area contributed by atoms with Crippen molar-refractivity contribution in [2.75, 3.05) is 49.4 Å². The summed E-state index contributed by atoms with van der Waals surface area (Å²) in [5.74, 6) is -0.493. The lowest BCUT2D eigenvalue weighted by Gasteiger charge is -2.27. The fourth-order valence-electron chi connectivity index (χ4n) is 9.67. The van der Waals surface area contributed by atoms with E-state index in [0.29, 0.717) is 30.1 Å². The largest absolute Gasteiger partial charge is 0.465 e. The molecule has 0 amide bonds. The zero-order valence-electron chi connectivity index (χ0n) is 57.4. The number of hydrogen-bond acceptors (Lipinski definition) is 30. The molecule has 0 aromatic carbocycles. The van der Waals surface area contributed by atoms with E-state index in [0.717, 1.165) is 55.4 Å². The number of esters is 3. The zero-order valence-corrected chi connectivity index (χ0v) is 64.1. The molecule has 12 N–H and O–H groups in total. The standard InChI is InChI=1S/2C19H31ClN3O8PS.C18H29N6O8PS/c2*1-6-9-33-32(28,22-12(4)16(26)30-11(2)3)29-10-13-15(25)19(5,20)17(31-13)23-8-7-14(24)21-18(23)27;1-5-30-15(27)9(3)23-33(29,34-6-2)31-7-10-12(25)18(4,28)16(32-10)24-8-20-11-13(24)21-17(19)22-14(11)26/h2*7-8,11-13,15,17,25H,6,9-10H2,1-5H3,(H,22,28)(H,21,24,27);8-10,12,16,25,28H,5-7H2,1-4H3,(H,23,29)(H3,19,21,22,26)/t12?,13-,15-,17-,19-,32?;12-,13-,15-,17-,19-,32?;9-,10+,12+,16+,18+,33+/m110/s1. The van der Waals surface area contributed by atoms with Crippen LogP contribution in [0.2, 0.25) is 0 Å². The third-order valence-electron chi connectivity index (χ3n) is 14.7. The summed E-state index contributed by atoms with van der Waals surface area (Å²) in [6, 6.07) is -0.441. The van der Waals surface area contributed by atoms with Crippen molar-refractivity contribution in [2.45, 2.75) is 211 Å². The number of halogens is 2. The molecule has 7 heterocycles. The topological polar surface area (TPSA) is 502 Å². The lowest BCUT2D eigenvalue weighted by atomic mass is 9.96. The van der Waals surface area contributed by atoms with Crippen LogP contribution in [0.1, 0.15) is 128 Å². The summed E-state index contributed by atoms with van der Waals surface area (Å²) < 4.78 is 93.0. The van der Waals surface area contributed by atoms with Gasteiger partial charge >= 0.3 is 49.5 Å². The number of rotatable bonds is 32. The lowest BCUT2D eigenvalue weighted by Crippen LogP contribution is -2.44. The summed E-state index contributed by atoms with van der Waals surface area (Å²) in [6.07, 6.45) is -6.25. The van der Waals surface area contributed by atoms with Gasteiger partial charge < -0.3 is 68.2 Å². The minimum absolute atomic E-state index is 0.0243. The summed E-state index contributed by atoms with van der Waals surface area (Å²) in [4.78, 5) is 107. The van der Waals surface area contributed by atoms with E-state index in [-0.39, 0.29) is 55.7 Å². The average molecular weight is 1580 g/mol. The first-order valence-electron chi connectivity index (χ1n) is 31.6. The first-order chi connectivity index (χ1) is 46.5. The quantitative estimate of drug-likeness (QED) is 0.0142. The van der Waals surface area contributed by atoms with E-state index in [4.69, 9.17) is 70.9 Å². The van der Waals surface area contributed by atoms with Crippen LogP contribution in [0.15, 0.2) is 54.8 Å². The van der Waals surface area contributed by atoms with Crippen LogP contribution in [0.3, 0.4) is 0 Å². The Labute approximate surface area is 596 Å². The van der Waals surface area contributed by atoms with Crippen molar-refractivity contribution in [1.29, 1.82) is 0 Å². The smallest absolute Gasteiger partial charge is 0.330 e. The van der Waals surface area contributed by atoms with Crippen LogP contribution in [-0.2, 0) is 70.1 Å². The summed E-state index contributed by atoms with van der Waals surface area (Å²) in [5, 5.41) is 51.3. The molecule has 3 unspecified atom stereocenters. The molecule has 3 saturated heterocycles. The number of carbonyl (C=O) groups is 3. The van der Waals surface area contributed by atoms with Crippen LogP contribution in [0.5, 0.6) is 0 Å². The molecular weight excluding hydrogens is 1480 g/mol. The SMILES string of the molecule is CCCSP(=O)(NC(C)C(=O)OC(C)C)OC[C@H]1O[C@@H](n2ccc(=O)[nH]c2=O)[C@](C)(Cl)[C@@H]1O.CCCSP(=O)(N[C@H](C)C(=O)OC(C)C)OC[C@H]1O[C@@H](n2ccc(=O)[nH]c2=O)[C@](C)(Cl)[C@@H]1O.CCOC(=O)[C@H](C)N[P@@](=O)(OC[C@H]1O[C@@H](n2cnc3c(=O)[nH]c(N)nc32)[C@](C)(O)[C@@H]1O)SCC. The minimum Gasteiger partial charge on any atom is -0.465 e. The molecular formula is C56H91Cl2N12O24P3S3. The molecule has 0 saturated carbocycles. The summed E-state index contributed by atoms with van der Waals surface area (Å²) in [7, 11) is 0. The maximum atomic E-state index is 13.4. The second kappa shape index (κ2) is 37.1. The number of fused-ring (bicyclic) bond motifs is 1. The number of carbonyl (C=O) groups excluding carboxylic acids is 3. The van der Waals surface area contributed by atoms with Gasteiger partial charge in [-0.3, -0.25) is 71.1 Å². The number of ether oxygens (including phenoxy) is 6. The van der Waals surface area contributed by atoms with Crippen LogP contribution in [0, 0.1) is 0 Å². The third kappa shape index (κ3) is 22.6. The molecule has 4 aromatic heterocycles. The molecule has 0 spiro atoms. The van der Waals surface area contributed by atoms with Crippen molar-refractivity contribution in [2.24, 2.45) is 0 Å². The predicted molar refractivity (Wildman–Crippen MR) is 375 cm³/mol. The van der Waals surface area contributed by atoms with Crippen LogP contribution >= 0.6 is 77.5 Å². The molecule has 3 fully saturated rings. The Kier molecular flexibility index (Phi) is 32.1. The molecule has 7 rings (SSSR count). The van der Waals surface area contributed by atoms with Gasteiger partial charge in [-0.2, -0.15) is 4.98 Å². The number of nitrogen functional groups attached to an aromatic ring is 1. The number of hydrogen-bond donors (Lipinski definition) is 11. The molecule has 0 aliphatic carbocycles. The highest BCUT2D eigenvalue weighted by Gasteiger charge is 2.57. The monoisotopic (exact) mass is 1570 g/mol. The molecule has 0 bridgehead atoms. The normalized spacial score (nSPS) is 27.8. The predicted octanol–water partition coefficient (Wildman–Crippen LogP) is 4.11. The Morgan fingerprint density at radius 1 is 0.630 bits per heavy atom. The van der Waals surface area contributed by atoms with E-state index in [1.165, 1.54) is 64.8 Å². The number of aliphatic hydroxyl groups excluding tert-OH is 3. The van der Waals surface area contributed by atoms with Gasteiger partial charge in [0.25, 0.3) is 16.7 Å². The fourth-order valence-corrected chi connectivity index (χ4v) is 21.8. The van der Waals surface area contributed by atoms with Crippen molar-refractivity contribution in [3.05, 3.63) is 82.9 Å². The van der Waals surface area contributed by atoms with E-state index in [2.05, 4.69) is 40.2 Å². The van der Waals surface area contributed by atoms with E-state index in [1.807, 2.05) is 13.8 Å². The Balaban J connectivity index is 0.000000270. The van der Waals surface area contributed by atoms with Gasteiger partial charge in [0.05, 0.1) is 45.0 Å². The second-order valence-electron chi connectivity index (χ2n) is 24.0. The van der Waals surface area contributed by atoms with Crippen LogP contribution in [0.25, 0.3) is 11.2 Å². The number of imidazole rings is 1. The Morgan fingerprint density at radius 2 is 1.02 bits per heavy atom. The molecule has 44 heteroatoms. The van der Waals surface area contributed by atoms with Crippen molar-refractivity contribution in [3.8, 4) is 0 Å². The third-order valence-corrected chi connectivity index (χ3v) is 28.3. The van der Waals surface area contributed by atoms with Gasteiger partial charge in [-0.05, 0) is 89.0 Å². The van der Waals surface area contributed by atoms with Crippen molar-refractivity contribution >= 4 is 113 Å². The van der Waals surface area contributed by atoms with Gasteiger partial charge in [-0.25, -0.2) is 29.8 Å². The minimum atomic E-state index is -3.61. The van der Waals surface area contributed by atoms with Gasteiger partial charge in [0.2, 0.25) is 5.95 Å². The van der Waals surface area contributed by atoms with E-state index < -0.39 is 155 Å². The fraction of sp³-hybridized carbons (Fsp3) is 0.714. The van der Waals surface area contributed by atoms with E-state index in [9.17, 15) is 72.5 Å². The Morgan fingerprint density at radius 3 is 1.40 bits per heavy atom. The molecule has 100 heavy (non-hydrogen) atoms. The van der Waals surface area contributed by atoms with Gasteiger partial charge in [0.1, 0.15) is 70.1 Å². The summed E-state index contributed by atoms with van der Waals surface area (Å²) >= 11 is 16.0. The average Bonchev–Trinajstić information content (AvgIpc) is 1.61. The maximum absolute atomic E-state index is 13.4. The van der Waals surface area contributed by atoms with Crippen molar-refractivity contribution < 1.29 is 90.5 Å². The Bertz CT molecular complexity index is 3730. The van der Waals surface area contributed by atoms with E-state index in [1.54, 1.807) is 41.5 Å². The van der Waals surface area contributed by atoms with Crippen LogP contribution in [-0.4, -0.2) is 203 Å². The lowest BCUT2D eigenvalue weighted by molar-refractivity contribution is -0.149. The number of nitrogens with two attached hydrogens (primary N) is 1. The highest BCUT2D eigenvalue weighted by atomic mass is 35.5. The Hall–Kier alpha value is -4.28. The molecule has 566 valence electrons. The van der Waals surface area contributed by atoms with Gasteiger partial charge in [-0.1, -0.05) is 54.9 Å². The molecule has 3 aliphatic rings. The number of alkyl halides is 2. The molecule has 4 aromatic rings. The molecule has 18 atom stereocenters. The number of nitrogens with zero attached hydrogens (tertiary/aromatic N) is 5. The van der Waals surface area contributed by atoms with Crippen molar-refractivity contribution in [1.82, 2.24) is 53.9 Å². The first kappa shape index (κ1) is 86.4. The van der Waals surface area contributed by atoms with Gasteiger partial charge in [0, 0.05) is 41.8 Å². The summed E-state index contributed by atoms with van der Waals surface area (Å²) in [6.45, 7) is 11.2. The number of H-pyrrole nitrogens is 3. The summed E-state index contributed by atoms with van der Waals surface area (Å²) in [5.41, 5.74) is 0.549. The van der Waals surface area contributed by atoms with Gasteiger partial charge in [-0.15, -0.1) is 23.2 Å². The zero-order chi connectivity index (χ0) is 75.2. The first-order valence-corrected chi connectivity index (χ1v) is 42.0. The second-order valence-corrected chi connectivity index (χ2v) is 39.0. The highest BCUT2D eigenvalue weighted by molar-refractivity contribution is 8.56. The maximum Gasteiger partial charge on any atom is 0.330 e. The number of anilines is 1. The van der Waals surface area contributed by atoms with Crippen LogP contribution < -0.4 is 49.1 Å². The highest BCUT2D eigenvalue weighted by Crippen LogP contribution is 2.59. The van der Waals surface area contributed by atoms with Crippen molar-refractivity contribution in [3.63, 3.8) is 0 Å². The molecule has 0 radical (unpaired) electrons.